The normalized spacial score (nSPS) is 16.6. The molecule has 0 N–H and O–H groups in total. The Labute approximate surface area is 189 Å². The predicted octanol–water partition coefficient (Wildman–Crippen LogP) is 6.05. The fourth-order valence-corrected chi connectivity index (χ4v) is 4.11. The lowest BCUT2D eigenvalue weighted by molar-refractivity contribution is -0.122. The maximum atomic E-state index is 13.2. The van der Waals surface area contributed by atoms with Crippen molar-refractivity contribution in [2.24, 2.45) is 10.9 Å². The highest BCUT2D eigenvalue weighted by Crippen LogP contribution is 2.36. The van der Waals surface area contributed by atoms with Gasteiger partial charge in [-0.25, -0.2) is 4.99 Å². The maximum absolute atomic E-state index is 13.2. The van der Waals surface area contributed by atoms with Crippen LogP contribution in [0.15, 0.2) is 52.4 Å². The van der Waals surface area contributed by atoms with Crippen molar-refractivity contribution in [1.29, 1.82) is 0 Å². The van der Waals surface area contributed by atoms with E-state index in [-0.39, 0.29) is 5.91 Å². The highest BCUT2D eigenvalue weighted by Gasteiger charge is 2.33. The van der Waals surface area contributed by atoms with Crippen molar-refractivity contribution in [2.45, 2.75) is 34.1 Å². The minimum atomic E-state index is -0.0187. The molecule has 31 heavy (non-hydrogen) atoms. The highest BCUT2D eigenvalue weighted by atomic mass is 32.2. The second-order valence-electron chi connectivity index (χ2n) is 7.91. The quantitative estimate of drug-likeness (QED) is 0.471. The maximum Gasteiger partial charge on any atom is 0.266 e. The van der Waals surface area contributed by atoms with E-state index in [0.717, 1.165) is 17.7 Å². The van der Waals surface area contributed by atoms with Crippen LogP contribution < -0.4 is 9.47 Å². The van der Waals surface area contributed by atoms with E-state index in [1.165, 1.54) is 17.3 Å². The summed E-state index contributed by atoms with van der Waals surface area (Å²) >= 11 is 1.41. The number of amides is 1. The fourth-order valence-electron chi connectivity index (χ4n) is 3.10. The summed E-state index contributed by atoms with van der Waals surface area (Å²) < 4.78 is 11.2. The SMILES string of the molecule is CCCOc1ccc(/C=C2/SC(=Nc3ccc(C)cc3)N(CC(C)C)C2=O)cc1OC. The zero-order valence-corrected chi connectivity index (χ0v) is 19.7. The van der Waals surface area contributed by atoms with E-state index in [4.69, 9.17) is 14.5 Å². The third kappa shape index (κ3) is 5.91. The van der Waals surface area contributed by atoms with Crippen molar-refractivity contribution >= 4 is 34.6 Å². The van der Waals surface area contributed by atoms with Gasteiger partial charge in [0.1, 0.15) is 0 Å². The molecular weight excluding hydrogens is 408 g/mol. The van der Waals surface area contributed by atoms with Crippen molar-refractivity contribution in [2.75, 3.05) is 20.3 Å². The first-order chi connectivity index (χ1) is 14.9. The van der Waals surface area contributed by atoms with Crippen LogP contribution in [0, 0.1) is 12.8 Å². The summed E-state index contributed by atoms with van der Waals surface area (Å²) in [6.45, 7) is 9.57. The molecule has 6 heteroatoms. The average Bonchev–Trinajstić information content (AvgIpc) is 3.02. The van der Waals surface area contributed by atoms with Gasteiger partial charge in [-0.15, -0.1) is 0 Å². The van der Waals surface area contributed by atoms with E-state index < -0.39 is 0 Å². The van der Waals surface area contributed by atoms with E-state index in [0.29, 0.717) is 40.6 Å². The lowest BCUT2D eigenvalue weighted by Crippen LogP contribution is -2.32. The van der Waals surface area contributed by atoms with Crippen LogP contribution in [0.5, 0.6) is 11.5 Å². The van der Waals surface area contributed by atoms with Gasteiger partial charge >= 0.3 is 0 Å². The summed E-state index contributed by atoms with van der Waals surface area (Å²) in [5.41, 5.74) is 2.91. The second-order valence-corrected chi connectivity index (χ2v) is 8.92. The number of aryl methyl sites for hydroxylation is 1. The number of carbonyl (C=O) groups excluding carboxylic acids is 1. The molecule has 1 aliphatic rings. The number of rotatable bonds is 8. The molecule has 2 aromatic rings. The molecule has 164 valence electrons. The number of hydrogen-bond donors (Lipinski definition) is 0. The highest BCUT2D eigenvalue weighted by molar-refractivity contribution is 8.18. The lowest BCUT2D eigenvalue weighted by Gasteiger charge is -2.17. The molecule has 0 aromatic heterocycles. The minimum absolute atomic E-state index is 0.0187. The molecule has 3 rings (SSSR count). The van der Waals surface area contributed by atoms with Gasteiger partial charge < -0.3 is 9.47 Å². The summed E-state index contributed by atoms with van der Waals surface area (Å²) in [6.07, 6.45) is 2.82. The number of aliphatic imine (C=N–C) groups is 1. The molecule has 1 aliphatic heterocycles. The Morgan fingerprint density at radius 1 is 1.13 bits per heavy atom. The Balaban J connectivity index is 1.91. The number of hydrogen-bond acceptors (Lipinski definition) is 5. The van der Waals surface area contributed by atoms with Crippen LogP contribution in [0.2, 0.25) is 0 Å². The summed E-state index contributed by atoms with van der Waals surface area (Å²) in [6, 6.07) is 13.7. The van der Waals surface area contributed by atoms with E-state index in [2.05, 4.69) is 20.8 Å². The van der Waals surface area contributed by atoms with Crippen LogP contribution in [-0.4, -0.2) is 36.2 Å². The number of carbonyl (C=O) groups is 1. The van der Waals surface area contributed by atoms with Gasteiger partial charge in [0.2, 0.25) is 0 Å². The van der Waals surface area contributed by atoms with Gasteiger partial charge in [0.05, 0.1) is 24.3 Å². The molecule has 0 saturated carbocycles. The van der Waals surface area contributed by atoms with E-state index in [9.17, 15) is 4.79 Å². The summed E-state index contributed by atoms with van der Waals surface area (Å²) in [7, 11) is 1.62. The molecular formula is C25H30N2O3S. The third-order valence-electron chi connectivity index (χ3n) is 4.64. The van der Waals surface area contributed by atoms with Crippen LogP contribution in [0.3, 0.4) is 0 Å². The molecule has 1 saturated heterocycles. The van der Waals surface area contributed by atoms with Gasteiger partial charge in [-0.1, -0.05) is 44.5 Å². The Hall–Kier alpha value is -2.73. The van der Waals surface area contributed by atoms with Crippen molar-refractivity contribution in [3.63, 3.8) is 0 Å². The molecule has 5 nitrogen and oxygen atoms in total. The molecule has 0 aliphatic carbocycles. The molecule has 1 amide bonds. The molecule has 2 aromatic carbocycles. The number of thioether (sulfide) groups is 1. The average molecular weight is 439 g/mol. The number of benzene rings is 2. The molecule has 1 heterocycles. The van der Waals surface area contributed by atoms with E-state index in [1.807, 2.05) is 55.5 Å². The standard InChI is InChI=1S/C25H30N2O3S/c1-6-13-30-21-12-9-19(14-22(21)29-5)15-23-24(28)27(16-17(2)3)25(31-23)26-20-10-7-18(4)8-11-20/h7-12,14-15,17H,6,13,16H2,1-5H3/b23-15+,26-25?. The van der Waals surface area contributed by atoms with Crippen LogP contribution >= 0.6 is 11.8 Å². The summed E-state index contributed by atoms with van der Waals surface area (Å²) in [4.78, 5) is 20.3. The smallest absolute Gasteiger partial charge is 0.266 e. The number of amidine groups is 1. The van der Waals surface area contributed by atoms with Gasteiger partial charge in [0.25, 0.3) is 5.91 Å². The topological polar surface area (TPSA) is 51.1 Å². The lowest BCUT2D eigenvalue weighted by atomic mass is 10.1. The van der Waals surface area contributed by atoms with Crippen molar-refractivity contribution < 1.29 is 14.3 Å². The first-order valence-corrected chi connectivity index (χ1v) is 11.4. The van der Waals surface area contributed by atoms with Crippen LogP contribution in [0.1, 0.15) is 38.3 Å². The van der Waals surface area contributed by atoms with E-state index in [1.54, 1.807) is 12.0 Å². The fraction of sp³-hybridized carbons (Fsp3) is 0.360. The first kappa shape index (κ1) is 22.9. The summed E-state index contributed by atoms with van der Waals surface area (Å²) in [5.74, 6) is 1.68. The first-order valence-electron chi connectivity index (χ1n) is 10.6. The minimum Gasteiger partial charge on any atom is -0.493 e. The zero-order chi connectivity index (χ0) is 22.4. The third-order valence-corrected chi connectivity index (χ3v) is 5.65. The van der Waals surface area contributed by atoms with Crippen LogP contribution in [0.4, 0.5) is 5.69 Å². The number of methoxy groups -OCH3 is 1. The van der Waals surface area contributed by atoms with Crippen molar-refractivity contribution in [1.82, 2.24) is 4.90 Å². The molecule has 1 fully saturated rings. The predicted molar refractivity (Wildman–Crippen MR) is 129 cm³/mol. The van der Waals surface area contributed by atoms with Crippen LogP contribution in [0.25, 0.3) is 6.08 Å². The Bertz CT molecular complexity index is 981. The molecule has 0 unspecified atom stereocenters. The van der Waals surface area contributed by atoms with Crippen LogP contribution in [-0.2, 0) is 4.79 Å². The second kappa shape index (κ2) is 10.5. The number of ether oxygens (including phenoxy) is 2. The molecule has 0 radical (unpaired) electrons. The molecule has 0 spiro atoms. The van der Waals surface area contributed by atoms with Crippen molar-refractivity contribution in [3.8, 4) is 11.5 Å². The van der Waals surface area contributed by atoms with Gasteiger partial charge in [0, 0.05) is 6.54 Å². The Kier molecular flexibility index (Phi) is 7.80. The largest absolute Gasteiger partial charge is 0.493 e. The summed E-state index contributed by atoms with van der Waals surface area (Å²) in [5, 5.41) is 0.712. The van der Waals surface area contributed by atoms with Crippen molar-refractivity contribution in [3.05, 3.63) is 58.5 Å². The monoisotopic (exact) mass is 438 g/mol. The molecule has 0 atom stereocenters. The Morgan fingerprint density at radius 2 is 1.87 bits per heavy atom. The van der Waals surface area contributed by atoms with Gasteiger partial charge in [-0.3, -0.25) is 9.69 Å². The zero-order valence-electron chi connectivity index (χ0n) is 18.8. The molecule has 0 bridgehead atoms. The number of nitrogens with zero attached hydrogens (tertiary/aromatic N) is 2. The van der Waals surface area contributed by atoms with Gasteiger partial charge in [-0.05, 0) is 66.9 Å². The van der Waals surface area contributed by atoms with E-state index >= 15 is 0 Å². The Morgan fingerprint density at radius 3 is 2.52 bits per heavy atom. The van der Waals surface area contributed by atoms with Gasteiger partial charge in [-0.2, -0.15) is 0 Å². The van der Waals surface area contributed by atoms with Gasteiger partial charge in [0.15, 0.2) is 16.7 Å².